The third-order valence-electron chi connectivity index (χ3n) is 3.11. The van der Waals surface area contributed by atoms with E-state index in [1.807, 2.05) is 0 Å². The summed E-state index contributed by atoms with van der Waals surface area (Å²) in [6, 6.07) is 2.01. The second-order valence-electron chi connectivity index (χ2n) is 5.01. The fourth-order valence-corrected chi connectivity index (χ4v) is 3.18. The zero-order valence-electron chi connectivity index (χ0n) is 13.0. The highest BCUT2D eigenvalue weighted by Crippen LogP contribution is 2.15. The van der Waals surface area contributed by atoms with E-state index in [9.17, 15) is 17.6 Å². The minimum atomic E-state index is -4.08. The summed E-state index contributed by atoms with van der Waals surface area (Å²) in [6.45, 7) is 1.61. The fourth-order valence-electron chi connectivity index (χ4n) is 1.86. The number of sulfonamides is 1. The molecule has 0 aliphatic rings. The molecule has 0 saturated carbocycles. The summed E-state index contributed by atoms with van der Waals surface area (Å²) in [6.07, 6.45) is 0.337. The smallest absolute Gasteiger partial charge is 0.261 e. The van der Waals surface area contributed by atoms with Crippen LogP contribution in [-0.4, -0.2) is 38.1 Å². The molecule has 0 bridgehead atoms. The molecule has 1 atom stereocenters. The maximum Gasteiger partial charge on any atom is 0.261 e. The van der Waals surface area contributed by atoms with Crippen molar-refractivity contribution >= 4 is 21.9 Å². The van der Waals surface area contributed by atoms with Gasteiger partial charge >= 0.3 is 0 Å². The lowest BCUT2D eigenvalue weighted by Gasteiger charge is -2.16. The molecule has 1 aromatic carbocycles. The number of aliphatic imine (C=N–C) groups is 1. The summed E-state index contributed by atoms with van der Waals surface area (Å²) in [7, 11) is -4.08. The topological polar surface area (TPSA) is 160 Å². The molecule has 0 heterocycles. The van der Waals surface area contributed by atoms with Gasteiger partial charge in [-0.3, -0.25) is 15.0 Å². The SMILES string of the molecule is Cc1cc(S(=O)(=O)N[C@H](CCCN=C(N)N)C(=O)NO)ccc1F. The summed E-state index contributed by atoms with van der Waals surface area (Å²) in [4.78, 5) is 15.2. The van der Waals surface area contributed by atoms with Crippen LogP contribution in [0.5, 0.6) is 0 Å². The van der Waals surface area contributed by atoms with Crippen LogP contribution < -0.4 is 21.7 Å². The zero-order valence-corrected chi connectivity index (χ0v) is 13.8. The standard InChI is InChI=1S/C13H20FN5O4S/c1-8-7-9(4-5-10(8)14)24(22,23)19-11(12(20)18-21)3-2-6-17-13(15)16/h4-5,7,11,19,21H,2-3,6H2,1H3,(H,18,20)(H4,15,16,17)/t11-/m1/s1. The molecule has 0 spiro atoms. The lowest BCUT2D eigenvalue weighted by Crippen LogP contribution is -2.45. The number of carbonyl (C=O) groups is 1. The van der Waals surface area contributed by atoms with E-state index in [4.69, 9.17) is 16.7 Å². The maximum absolute atomic E-state index is 13.3. The van der Waals surface area contributed by atoms with E-state index in [0.29, 0.717) is 6.42 Å². The number of carbonyl (C=O) groups excluding carboxylic acids is 1. The molecule has 0 unspecified atom stereocenters. The lowest BCUT2D eigenvalue weighted by atomic mass is 10.1. The second kappa shape index (κ2) is 8.57. The van der Waals surface area contributed by atoms with Crippen molar-refractivity contribution in [2.45, 2.75) is 30.7 Å². The van der Waals surface area contributed by atoms with Gasteiger partial charge in [0.25, 0.3) is 5.91 Å². The van der Waals surface area contributed by atoms with E-state index in [1.54, 1.807) is 0 Å². The number of guanidine groups is 1. The van der Waals surface area contributed by atoms with Crippen molar-refractivity contribution in [3.8, 4) is 0 Å². The molecule has 1 rings (SSSR count). The van der Waals surface area contributed by atoms with Gasteiger partial charge in [-0.05, 0) is 43.5 Å². The molecule has 0 radical (unpaired) electrons. The van der Waals surface area contributed by atoms with Crippen molar-refractivity contribution in [1.82, 2.24) is 10.2 Å². The van der Waals surface area contributed by atoms with Crippen LogP contribution in [0.25, 0.3) is 0 Å². The number of nitrogens with zero attached hydrogens (tertiary/aromatic N) is 1. The maximum atomic E-state index is 13.3. The molecule has 1 aromatic rings. The number of hydroxylamine groups is 1. The Kier molecular flexibility index (Phi) is 7.07. The fraction of sp³-hybridized carbons (Fsp3) is 0.385. The van der Waals surface area contributed by atoms with E-state index in [1.165, 1.54) is 12.4 Å². The summed E-state index contributed by atoms with van der Waals surface area (Å²) in [5.41, 5.74) is 11.9. The number of aryl methyl sites for hydroxylation is 1. The predicted octanol–water partition coefficient (Wildman–Crippen LogP) is -0.660. The van der Waals surface area contributed by atoms with Crippen LogP contribution in [0.15, 0.2) is 28.1 Å². The Morgan fingerprint density at radius 1 is 1.42 bits per heavy atom. The molecule has 1 amide bonds. The van der Waals surface area contributed by atoms with Crippen molar-refractivity contribution < 1.29 is 22.8 Å². The van der Waals surface area contributed by atoms with Gasteiger partial charge in [-0.15, -0.1) is 0 Å². The molecule has 24 heavy (non-hydrogen) atoms. The van der Waals surface area contributed by atoms with Crippen molar-refractivity contribution in [3.05, 3.63) is 29.6 Å². The third-order valence-corrected chi connectivity index (χ3v) is 4.58. The number of nitrogens with one attached hydrogen (secondary N) is 2. The van der Waals surface area contributed by atoms with Gasteiger partial charge in [-0.1, -0.05) is 0 Å². The number of benzene rings is 1. The quantitative estimate of drug-likeness (QED) is 0.136. The molecule has 134 valence electrons. The Bertz CT molecular complexity index is 719. The van der Waals surface area contributed by atoms with E-state index in [0.717, 1.165) is 18.2 Å². The second-order valence-corrected chi connectivity index (χ2v) is 6.72. The first-order valence-corrected chi connectivity index (χ1v) is 8.43. The molecular formula is C13H20FN5O4S. The first-order chi connectivity index (χ1) is 11.2. The normalized spacial score (nSPS) is 12.5. The molecule has 0 saturated heterocycles. The van der Waals surface area contributed by atoms with Crippen LogP contribution in [0.4, 0.5) is 4.39 Å². The zero-order chi connectivity index (χ0) is 18.3. The van der Waals surface area contributed by atoms with E-state index in [-0.39, 0.29) is 29.4 Å². The molecule has 9 nitrogen and oxygen atoms in total. The number of amides is 1. The van der Waals surface area contributed by atoms with Crippen LogP contribution in [0.1, 0.15) is 18.4 Å². The first kappa shape index (κ1) is 19.8. The summed E-state index contributed by atoms with van der Waals surface area (Å²) in [5.74, 6) is -1.60. The molecule has 11 heteroatoms. The number of halogens is 1. The van der Waals surface area contributed by atoms with Crippen LogP contribution in [0.3, 0.4) is 0 Å². The Balaban J connectivity index is 2.89. The highest BCUT2D eigenvalue weighted by molar-refractivity contribution is 7.89. The van der Waals surface area contributed by atoms with Crippen LogP contribution >= 0.6 is 0 Å². The van der Waals surface area contributed by atoms with Gasteiger partial charge in [0.1, 0.15) is 11.9 Å². The van der Waals surface area contributed by atoms with E-state index < -0.39 is 27.8 Å². The van der Waals surface area contributed by atoms with E-state index >= 15 is 0 Å². The molecule has 7 N–H and O–H groups in total. The molecule has 0 fully saturated rings. The number of hydrogen-bond donors (Lipinski definition) is 5. The largest absolute Gasteiger partial charge is 0.370 e. The van der Waals surface area contributed by atoms with Gasteiger partial charge in [0.2, 0.25) is 10.0 Å². The summed E-state index contributed by atoms with van der Waals surface area (Å²) >= 11 is 0. The summed E-state index contributed by atoms with van der Waals surface area (Å²) < 4.78 is 40.0. The minimum Gasteiger partial charge on any atom is -0.370 e. The Labute approximate surface area is 138 Å². The molecule has 0 aliphatic carbocycles. The average molecular weight is 361 g/mol. The predicted molar refractivity (Wildman–Crippen MR) is 85.1 cm³/mol. The van der Waals surface area contributed by atoms with Crippen LogP contribution in [0.2, 0.25) is 0 Å². The van der Waals surface area contributed by atoms with Gasteiger partial charge in [-0.2, -0.15) is 4.72 Å². The first-order valence-electron chi connectivity index (χ1n) is 6.95. The number of hydrogen-bond acceptors (Lipinski definition) is 5. The van der Waals surface area contributed by atoms with Crippen molar-refractivity contribution in [2.75, 3.05) is 6.54 Å². The molecule has 0 aromatic heterocycles. The number of nitrogens with two attached hydrogens (primary N) is 2. The van der Waals surface area contributed by atoms with Gasteiger partial charge < -0.3 is 11.5 Å². The van der Waals surface area contributed by atoms with Crippen molar-refractivity contribution in [2.24, 2.45) is 16.5 Å². The third kappa shape index (κ3) is 5.76. The van der Waals surface area contributed by atoms with Gasteiger partial charge in [0.05, 0.1) is 4.90 Å². The molecular weight excluding hydrogens is 341 g/mol. The Morgan fingerprint density at radius 3 is 2.62 bits per heavy atom. The Morgan fingerprint density at radius 2 is 2.08 bits per heavy atom. The lowest BCUT2D eigenvalue weighted by molar-refractivity contribution is -0.131. The monoisotopic (exact) mass is 361 g/mol. The summed E-state index contributed by atoms with van der Waals surface area (Å²) in [5, 5.41) is 8.75. The van der Waals surface area contributed by atoms with Crippen LogP contribution in [0, 0.1) is 12.7 Å². The molecule has 0 aliphatic heterocycles. The average Bonchev–Trinajstić information content (AvgIpc) is 2.51. The minimum absolute atomic E-state index is 0.0442. The van der Waals surface area contributed by atoms with Crippen molar-refractivity contribution in [3.63, 3.8) is 0 Å². The van der Waals surface area contributed by atoms with Gasteiger partial charge in [0.15, 0.2) is 5.96 Å². The Hall–Kier alpha value is -2.24. The van der Waals surface area contributed by atoms with Gasteiger partial charge in [0, 0.05) is 6.54 Å². The highest BCUT2D eigenvalue weighted by atomic mass is 32.2. The number of rotatable bonds is 8. The van der Waals surface area contributed by atoms with Crippen molar-refractivity contribution in [1.29, 1.82) is 0 Å². The van der Waals surface area contributed by atoms with Crippen LogP contribution in [-0.2, 0) is 14.8 Å². The van der Waals surface area contributed by atoms with E-state index in [2.05, 4.69) is 9.71 Å². The van der Waals surface area contributed by atoms with Gasteiger partial charge in [-0.25, -0.2) is 18.3 Å². The highest BCUT2D eigenvalue weighted by Gasteiger charge is 2.25.